The molecule has 0 aromatic carbocycles. The number of fused-ring (bicyclic) bond motifs is 1. The molecule has 2 aromatic rings. The van der Waals surface area contributed by atoms with Crippen molar-refractivity contribution in [2.45, 2.75) is 40.7 Å². The van der Waals surface area contributed by atoms with E-state index in [9.17, 15) is 4.79 Å². The number of nitrogens with zero attached hydrogens (tertiary/aromatic N) is 2. The molecule has 0 saturated heterocycles. The number of anilines is 1. The van der Waals surface area contributed by atoms with Crippen molar-refractivity contribution < 1.29 is 4.79 Å². The maximum Gasteiger partial charge on any atom is 0.266 e. The van der Waals surface area contributed by atoms with Crippen molar-refractivity contribution in [3.8, 4) is 0 Å². The Morgan fingerprint density at radius 2 is 2.05 bits per heavy atom. The topological polar surface area (TPSA) is 59.2 Å². The number of rotatable bonds is 2. The van der Waals surface area contributed by atoms with Crippen LogP contribution in [0.15, 0.2) is 12.3 Å². The third kappa shape index (κ3) is 2.75. The number of nitrogen functional groups attached to an aromatic ring is 1. The minimum atomic E-state index is -0.0303. The van der Waals surface area contributed by atoms with Crippen molar-refractivity contribution in [2.75, 3.05) is 12.8 Å². The first-order valence-corrected chi connectivity index (χ1v) is 7.87. The summed E-state index contributed by atoms with van der Waals surface area (Å²) in [5, 5.41) is 0.905. The molecule has 2 rings (SSSR count). The van der Waals surface area contributed by atoms with Crippen LogP contribution in [0.2, 0.25) is 0 Å². The van der Waals surface area contributed by atoms with Crippen molar-refractivity contribution in [1.29, 1.82) is 0 Å². The highest BCUT2D eigenvalue weighted by Crippen LogP contribution is 2.36. The zero-order chi connectivity index (χ0) is 15.9. The normalized spacial score (nSPS) is 13.4. The van der Waals surface area contributed by atoms with E-state index in [0.717, 1.165) is 15.8 Å². The van der Waals surface area contributed by atoms with Crippen LogP contribution in [0.1, 0.15) is 42.9 Å². The maximum atomic E-state index is 12.8. The van der Waals surface area contributed by atoms with Gasteiger partial charge in [-0.3, -0.25) is 4.79 Å². The first-order chi connectivity index (χ1) is 9.64. The van der Waals surface area contributed by atoms with E-state index in [4.69, 9.17) is 5.73 Å². The number of hydrogen-bond donors (Lipinski definition) is 1. The molecule has 1 atom stereocenters. The second-order valence-corrected chi connectivity index (χ2v) is 7.61. The standard InChI is InChI=1S/C16H23N3OS/c1-9-7-8-18-14-11(9)12(17)13(21-14)15(20)19(6)10(2)16(3,4)5/h7-8,10H,17H2,1-6H3. The van der Waals surface area contributed by atoms with E-state index in [1.807, 2.05) is 20.0 Å². The zero-order valence-corrected chi connectivity index (χ0v) is 14.3. The Balaban J connectivity index is 2.45. The maximum absolute atomic E-state index is 12.8. The molecule has 0 aliphatic rings. The van der Waals surface area contributed by atoms with Crippen LogP contribution < -0.4 is 5.73 Å². The highest BCUT2D eigenvalue weighted by Gasteiger charge is 2.30. The summed E-state index contributed by atoms with van der Waals surface area (Å²) in [5.41, 5.74) is 7.84. The van der Waals surface area contributed by atoms with E-state index >= 15 is 0 Å². The molecule has 2 N–H and O–H groups in total. The Bertz CT molecular complexity index is 685. The Hall–Kier alpha value is -1.62. The molecule has 0 radical (unpaired) electrons. The number of aromatic nitrogens is 1. The van der Waals surface area contributed by atoms with E-state index < -0.39 is 0 Å². The van der Waals surface area contributed by atoms with E-state index in [1.165, 1.54) is 11.3 Å². The van der Waals surface area contributed by atoms with Crippen LogP contribution in [0.3, 0.4) is 0 Å². The van der Waals surface area contributed by atoms with Gasteiger partial charge in [0.15, 0.2) is 0 Å². The Labute approximate surface area is 130 Å². The first-order valence-electron chi connectivity index (χ1n) is 7.05. The smallest absolute Gasteiger partial charge is 0.266 e. The first kappa shape index (κ1) is 15.8. The molecule has 2 heterocycles. The summed E-state index contributed by atoms with van der Waals surface area (Å²) in [6.45, 7) is 10.4. The molecule has 2 aromatic heterocycles. The summed E-state index contributed by atoms with van der Waals surface area (Å²) in [6.07, 6.45) is 1.75. The van der Waals surface area contributed by atoms with Gasteiger partial charge in [0.25, 0.3) is 5.91 Å². The quantitative estimate of drug-likeness (QED) is 0.920. The Morgan fingerprint density at radius 1 is 1.43 bits per heavy atom. The number of carbonyl (C=O) groups excluding carboxylic acids is 1. The SMILES string of the molecule is Cc1ccnc2sc(C(=O)N(C)C(C)C(C)(C)C)c(N)c12. The molecule has 0 bridgehead atoms. The molecule has 0 spiro atoms. The van der Waals surface area contributed by atoms with Gasteiger partial charge in [-0.2, -0.15) is 0 Å². The molecule has 4 nitrogen and oxygen atoms in total. The lowest BCUT2D eigenvalue weighted by molar-refractivity contribution is 0.0635. The largest absolute Gasteiger partial charge is 0.397 e. The third-order valence-corrected chi connectivity index (χ3v) is 5.29. The Kier molecular flexibility index (Phi) is 3.97. The van der Waals surface area contributed by atoms with Gasteiger partial charge in [-0.25, -0.2) is 4.98 Å². The minimum absolute atomic E-state index is 0.0179. The average Bonchev–Trinajstić information content (AvgIpc) is 2.74. The highest BCUT2D eigenvalue weighted by molar-refractivity contribution is 7.21. The number of pyridine rings is 1. The summed E-state index contributed by atoms with van der Waals surface area (Å²) in [7, 11) is 1.84. The fourth-order valence-electron chi connectivity index (χ4n) is 2.28. The molecular weight excluding hydrogens is 282 g/mol. The van der Waals surface area contributed by atoms with Crippen LogP contribution in [0.5, 0.6) is 0 Å². The predicted molar refractivity (Wildman–Crippen MR) is 89.8 cm³/mol. The lowest BCUT2D eigenvalue weighted by Crippen LogP contribution is -2.42. The van der Waals surface area contributed by atoms with Gasteiger partial charge in [0.2, 0.25) is 0 Å². The number of aryl methyl sites for hydroxylation is 1. The van der Waals surface area contributed by atoms with E-state index in [-0.39, 0.29) is 17.4 Å². The number of amides is 1. The van der Waals surface area contributed by atoms with E-state index in [1.54, 1.807) is 11.1 Å². The molecule has 1 unspecified atom stereocenters. The molecule has 114 valence electrons. The number of nitrogens with two attached hydrogens (primary N) is 1. The number of hydrogen-bond acceptors (Lipinski definition) is 4. The molecule has 1 amide bonds. The van der Waals surface area contributed by atoms with Gasteiger partial charge >= 0.3 is 0 Å². The van der Waals surface area contributed by atoms with Gasteiger partial charge in [-0.05, 0) is 30.9 Å². The second kappa shape index (κ2) is 5.30. The van der Waals surface area contributed by atoms with E-state index in [0.29, 0.717) is 10.6 Å². The fourth-order valence-corrected chi connectivity index (χ4v) is 3.40. The summed E-state index contributed by atoms with van der Waals surface area (Å²) < 4.78 is 0. The van der Waals surface area contributed by atoms with Crippen LogP contribution in [-0.4, -0.2) is 28.9 Å². The van der Waals surface area contributed by atoms with Crippen LogP contribution in [0.4, 0.5) is 5.69 Å². The second-order valence-electron chi connectivity index (χ2n) is 6.61. The average molecular weight is 305 g/mol. The molecule has 5 heteroatoms. The fraction of sp³-hybridized carbons (Fsp3) is 0.500. The van der Waals surface area contributed by atoms with Crippen LogP contribution in [-0.2, 0) is 0 Å². The van der Waals surface area contributed by atoms with Gasteiger partial charge in [0, 0.05) is 24.7 Å². The molecule has 0 fully saturated rings. The number of carbonyl (C=O) groups is 1. The molecule has 0 aliphatic carbocycles. The lowest BCUT2D eigenvalue weighted by atomic mass is 9.87. The molecule has 21 heavy (non-hydrogen) atoms. The summed E-state index contributed by atoms with van der Waals surface area (Å²) in [5.74, 6) is -0.0303. The van der Waals surface area contributed by atoms with Gasteiger partial charge in [0.05, 0.1) is 5.69 Å². The summed E-state index contributed by atoms with van der Waals surface area (Å²) in [4.78, 5) is 20.3. The van der Waals surface area contributed by atoms with Crippen molar-refractivity contribution >= 4 is 33.1 Å². The van der Waals surface area contributed by atoms with Gasteiger partial charge in [-0.1, -0.05) is 20.8 Å². The van der Waals surface area contributed by atoms with Crippen LogP contribution in [0.25, 0.3) is 10.2 Å². The van der Waals surface area contributed by atoms with Gasteiger partial charge < -0.3 is 10.6 Å². The predicted octanol–water partition coefficient (Wildman–Crippen LogP) is 3.69. The minimum Gasteiger partial charge on any atom is -0.397 e. The summed E-state index contributed by atoms with van der Waals surface area (Å²) >= 11 is 1.38. The molecular formula is C16H23N3OS. The van der Waals surface area contributed by atoms with Crippen LogP contribution >= 0.6 is 11.3 Å². The van der Waals surface area contributed by atoms with Crippen molar-refractivity contribution in [1.82, 2.24) is 9.88 Å². The molecule has 0 aliphatic heterocycles. The number of thiophene rings is 1. The zero-order valence-electron chi connectivity index (χ0n) is 13.5. The van der Waals surface area contributed by atoms with Crippen molar-refractivity contribution in [3.63, 3.8) is 0 Å². The van der Waals surface area contributed by atoms with Crippen molar-refractivity contribution in [3.05, 3.63) is 22.7 Å². The Morgan fingerprint density at radius 3 is 2.57 bits per heavy atom. The van der Waals surface area contributed by atoms with Crippen LogP contribution in [0, 0.1) is 12.3 Å². The highest BCUT2D eigenvalue weighted by atomic mass is 32.1. The van der Waals surface area contributed by atoms with E-state index in [2.05, 4.69) is 32.7 Å². The summed E-state index contributed by atoms with van der Waals surface area (Å²) in [6, 6.07) is 2.03. The van der Waals surface area contributed by atoms with Crippen molar-refractivity contribution in [2.24, 2.45) is 5.41 Å². The van der Waals surface area contributed by atoms with Gasteiger partial charge in [-0.15, -0.1) is 11.3 Å². The lowest BCUT2D eigenvalue weighted by Gasteiger charge is -2.35. The monoisotopic (exact) mass is 305 g/mol. The molecule has 0 saturated carbocycles. The third-order valence-electron chi connectivity index (χ3n) is 4.19. The van der Waals surface area contributed by atoms with Gasteiger partial charge in [0.1, 0.15) is 9.71 Å².